The van der Waals surface area contributed by atoms with Gasteiger partial charge in [-0.1, -0.05) is 0 Å². The minimum atomic E-state index is -0.106. The third kappa shape index (κ3) is 2.96. The number of rotatable bonds is 3. The van der Waals surface area contributed by atoms with Gasteiger partial charge in [0.25, 0.3) is 0 Å². The highest BCUT2D eigenvalue weighted by atomic mass is 16.2. The Bertz CT molecular complexity index is 306. The van der Waals surface area contributed by atoms with Gasteiger partial charge in [-0.25, -0.2) is 4.79 Å². The van der Waals surface area contributed by atoms with Crippen LogP contribution in [0.3, 0.4) is 0 Å². The quantitative estimate of drug-likeness (QED) is 0.700. The van der Waals surface area contributed by atoms with Crippen LogP contribution in [0.2, 0.25) is 0 Å². The third-order valence-corrected chi connectivity index (χ3v) is 1.68. The maximum atomic E-state index is 11.1. The monoisotopic (exact) mass is 197 g/mol. The van der Waals surface area contributed by atoms with Gasteiger partial charge in [-0.3, -0.25) is 4.68 Å². The molecule has 78 valence electrons. The molecule has 1 aromatic heterocycles. The summed E-state index contributed by atoms with van der Waals surface area (Å²) in [6.07, 6.45) is 3.30. The van der Waals surface area contributed by atoms with Gasteiger partial charge < -0.3 is 16.0 Å². The molecule has 0 aliphatic rings. The number of aromatic nitrogens is 2. The number of nitrogen functional groups attached to an aromatic ring is 1. The van der Waals surface area contributed by atoms with Gasteiger partial charge >= 0.3 is 6.03 Å². The average Bonchev–Trinajstić information content (AvgIpc) is 2.51. The first-order chi connectivity index (χ1) is 6.59. The predicted molar refractivity (Wildman–Crippen MR) is 53.7 cm³/mol. The van der Waals surface area contributed by atoms with E-state index in [1.807, 2.05) is 0 Å². The lowest BCUT2D eigenvalue weighted by atomic mass is 10.6. The molecule has 0 atom stereocenters. The number of nitrogens with one attached hydrogen (secondary N) is 1. The Kier molecular flexibility index (Phi) is 3.33. The maximum absolute atomic E-state index is 11.1. The molecule has 0 radical (unpaired) electrons. The van der Waals surface area contributed by atoms with E-state index in [1.165, 1.54) is 4.90 Å². The zero-order valence-electron chi connectivity index (χ0n) is 8.40. The number of carbonyl (C=O) groups is 1. The second kappa shape index (κ2) is 4.50. The van der Waals surface area contributed by atoms with E-state index >= 15 is 0 Å². The van der Waals surface area contributed by atoms with Gasteiger partial charge in [0, 0.05) is 26.8 Å². The molecule has 0 unspecified atom stereocenters. The van der Waals surface area contributed by atoms with Gasteiger partial charge in [0.2, 0.25) is 0 Å². The second-order valence-corrected chi connectivity index (χ2v) is 3.16. The number of carbonyl (C=O) groups excluding carboxylic acids is 1. The van der Waals surface area contributed by atoms with Crippen LogP contribution < -0.4 is 11.1 Å². The van der Waals surface area contributed by atoms with Gasteiger partial charge in [-0.05, 0) is 0 Å². The Morgan fingerprint density at radius 2 is 2.43 bits per heavy atom. The van der Waals surface area contributed by atoms with Crippen LogP contribution in [0.4, 0.5) is 10.5 Å². The Morgan fingerprint density at radius 1 is 1.71 bits per heavy atom. The fourth-order valence-corrected chi connectivity index (χ4v) is 0.937. The molecule has 0 aromatic carbocycles. The summed E-state index contributed by atoms with van der Waals surface area (Å²) in [5, 5.41) is 6.71. The molecule has 0 spiro atoms. The molecule has 0 bridgehead atoms. The Balaban J connectivity index is 2.25. The van der Waals surface area contributed by atoms with Crippen LogP contribution in [0.25, 0.3) is 0 Å². The van der Waals surface area contributed by atoms with Crippen molar-refractivity contribution in [3.8, 4) is 0 Å². The molecule has 1 heterocycles. The van der Waals surface area contributed by atoms with Crippen LogP contribution in [0.1, 0.15) is 0 Å². The first-order valence-electron chi connectivity index (χ1n) is 4.32. The fourth-order valence-electron chi connectivity index (χ4n) is 0.937. The maximum Gasteiger partial charge on any atom is 0.316 e. The molecule has 6 heteroatoms. The smallest absolute Gasteiger partial charge is 0.316 e. The lowest BCUT2D eigenvalue weighted by Gasteiger charge is -2.11. The topological polar surface area (TPSA) is 76.2 Å². The van der Waals surface area contributed by atoms with Crippen LogP contribution >= 0.6 is 0 Å². The zero-order chi connectivity index (χ0) is 10.6. The molecule has 0 saturated heterocycles. The highest BCUT2D eigenvalue weighted by molar-refractivity contribution is 5.73. The van der Waals surface area contributed by atoms with E-state index in [-0.39, 0.29) is 6.03 Å². The Hall–Kier alpha value is -1.72. The van der Waals surface area contributed by atoms with Crippen molar-refractivity contribution in [3.63, 3.8) is 0 Å². The standard InChI is InChI=1S/C8H15N5O/c1-12(2)8(14)10-3-4-13-6-7(9)5-11-13/h5-6H,3-4,9H2,1-2H3,(H,10,14). The summed E-state index contributed by atoms with van der Waals surface area (Å²) in [5.74, 6) is 0. The highest BCUT2D eigenvalue weighted by Gasteiger charge is 2.01. The minimum absolute atomic E-state index is 0.106. The van der Waals surface area contributed by atoms with Gasteiger partial charge in [-0.2, -0.15) is 5.10 Å². The highest BCUT2D eigenvalue weighted by Crippen LogP contribution is 1.96. The summed E-state index contributed by atoms with van der Waals surface area (Å²) >= 11 is 0. The molecule has 6 nitrogen and oxygen atoms in total. The number of hydrogen-bond donors (Lipinski definition) is 2. The molecule has 0 fully saturated rings. The number of urea groups is 1. The molecule has 0 aliphatic heterocycles. The third-order valence-electron chi connectivity index (χ3n) is 1.68. The van der Waals surface area contributed by atoms with E-state index < -0.39 is 0 Å². The van der Waals surface area contributed by atoms with Crippen LogP contribution in [0, 0.1) is 0 Å². The van der Waals surface area contributed by atoms with E-state index in [0.29, 0.717) is 18.8 Å². The molecule has 1 rings (SSSR count). The molecule has 0 saturated carbocycles. The summed E-state index contributed by atoms with van der Waals surface area (Å²) < 4.78 is 1.69. The van der Waals surface area contributed by atoms with Crippen molar-refractivity contribution < 1.29 is 4.79 Å². The molecule has 14 heavy (non-hydrogen) atoms. The number of anilines is 1. The Morgan fingerprint density at radius 3 is 2.93 bits per heavy atom. The van der Waals surface area contributed by atoms with Gasteiger partial charge in [-0.15, -0.1) is 0 Å². The van der Waals surface area contributed by atoms with Crippen molar-refractivity contribution in [3.05, 3.63) is 12.4 Å². The van der Waals surface area contributed by atoms with Crippen LogP contribution in [-0.4, -0.2) is 41.4 Å². The molecular formula is C8H15N5O. The van der Waals surface area contributed by atoms with Crippen molar-refractivity contribution >= 4 is 11.7 Å². The van der Waals surface area contributed by atoms with Crippen molar-refractivity contribution in [1.29, 1.82) is 0 Å². The molecular weight excluding hydrogens is 182 g/mol. The van der Waals surface area contributed by atoms with E-state index in [1.54, 1.807) is 31.2 Å². The molecule has 1 aromatic rings. The van der Waals surface area contributed by atoms with Crippen molar-refractivity contribution in [2.75, 3.05) is 26.4 Å². The lowest BCUT2D eigenvalue weighted by Crippen LogP contribution is -2.36. The minimum Gasteiger partial charge on any atom is -0.396 e. The van der Waals surface area contributed by atoms with Gasteiger partial charge in [0.15, 0.2) is 0 Å². The van der Waals surface area contributed by atoms with Crippen molar-refractivity contribution in [2.24, 2.45) is 0 Å². The first-order valence-corrected chi connectivity index (χ1v) is 4.32. The number of amides is 2. The van der Waals surface area contributed by atoms with E-state index in [4.69, 9.17) is 5.73 Å². The van der Waals surface area contributed by atoms with Crippen molar-refractivity contribution in [2.45, 2.75) is 6.54 Å². The van der Waals surface area contributed by atoms with Crippen LogP contribution in [-0.2, 0) is 6.54 Å². The largest absolute Gasteiger partial charge is 0.396 e. The lowest BCUT2D eigenvalue weighted by molar-refractivity contribution is 0.217. The van der Waals surface area contributed by atoms with E-state index in [9.17, 15) is 4.79 Å². The first kappa shape index (κ1) is 10.4. The molecule has 3 N–H and O–H groups in total. The molecule has 2 amide bonds. The number of nitrogens with zero attached hydrogens (tertiary/aromatic N) is 3. The summed E-state index contributed by atoms with van der Waals surface area (Å²) in [4.78, 5) is 12.6. The second-order valence-electron chi connectivity index (χ2n) is 3.16. The summed E-state index contributed by atoms with van der Waals surface area (Å²) in [6.45, 7) is 1.16. The Labute approximate surface area is 82.7 Å². The number of hydrogen-bond acceptors (Lipinski definition) is 3. The van der Waals surface area contributed by atoms with Crippen molar-refractivity contribution in [1.82, 2.24) is 20.0 Å². The zero-order valence-corrected chi connectivity index (χ0v) is 8.40. The SMILES string of the molecule is CN(C)C(=O)NCCn1cc(N)cn1. The fraction of sp³-hybridized carbons (Fsp3) is 0.500. The summed E-state index contributed by atoms with van der Waals surface area (Å²) in [6, 6.07) is -0.106. The van der Waals surface area contributed by atoms with E-state index in [0.717, 1.165) is 0 Å². The van der Waals surface area contributed by atoms with Gasteiger partial charge in [0.1, 0.15) is 0 Å². The summed E-state index contributed by atoms with van der Waals surface area (Å²) in [5.41, 5.74) is 6.11. The van der Waals surface area contributed by atoms with E-state index in [2.05, 4.69) is 10.4 Å². The van der Waals surface area contributed by atoms with Crippen LogP contribution in [0.15, 0.2) is 12.4 Å². The van der Waals surface area contributed by atoms with Gasteiger partial charge in [0.05, 0.1) is 18.4 Å². The summed E-state index contributed by atoms with van der Waals surface area (Å²) in [7, 11) is 3.39. The molecule has 0 aliphatic carbocycles. The predicted octanol–water partition coefficient (Wildman–Crippen LogP) is -0.263. The average molecular weight is 197 g/mol. The van der Waals surface area contributed by atoms with Crippen LogP contribution in [0.5, 0.6) is 0 Å². The normalized spacial score (nSPS) is 9.86. The number of nitrogens with two attached hydrogens (primary N) is 1.